The monoisotopic (exact) mass is 267 g/mol. The SMILES string of the molecule is COCCCC(N)C(=O)Nc1cncc(C(=O)O)c1. The lowest BCUT2D eigenvalue weighted by Gasteiger charge is -2.11. The van der Waals surface area contributed by atoms with E-state index in [2.05, 4.69) is 10.3 Å². The van der Waals surface area contributed by atoms with E-state index in [9.17, 15) is 9.59 Å². The molecule has 0 saturated carbocycles. The normalized spacial score (nSPS) is 11.9. The van der Waals surface area contributed by atoms with Crippen molar-refractivity contribution in [1.29, 1.82) is 0 Å². The minimum atomic E-state index is -1.10. The zero-order valence-electron chi connectivity index (χ0n) is 10.6. The molecule has 1 amide bonds. The number of hydrogen-bond donors (Lipinski definition) is 3. The number of pyridine rings is 1. The summed E-state index contributed by atoms with van der Waals surface area (Å²) in [6, 6.07) is 0.665. The zero-order chi connectivity index (χ0) is 14.3. The van der Waals surface area contributed by atoms with Gasteiger partial charge in [-0.25, -0.2) is 4.79 Å². The van der Waals surface area contributed by atoms with E-state index in [1.807, 2.05) is 0 Å². The van der Waals surface area contributed by atoms with Crippen molar-refractivity contribution >= 4 is 17.6 Å². The van der Waals surface area contributed by atoms with Crippen molar-refractivity contribution < 1.29 is 19.4 Å². The molecule has 0 saturated heterocycles. The number of carboxylic acid groups (broad SMARTS) is 1. The molecule has 0 aliphatic heterocycles. The highest BCUT2D eigenvalue weighted by Crippen LogP contribution is 2.09. The van der Waals surface area contributed by atoms with Crippen molar-refractivity contribution in [2.45, 2.75) is 18.9 Å². The predicted molar refractivity (Wildman–Crippen MR) is 68.9 cm³/mol. The third kappa shape index (κ3) is 5.02. The topological polar surface area (TPSA) is 115 Å². The van der Waals surface area contributed by atoms with Gasteiger partial charge in [0.25, 0.3) is 0 Å². The van der Waals surface area contributed by atoms with Crippen molar-refractivity contribution in [3.8, 4) is 0 Å². The molecular formula is C12H17N3O4. The molecule has 7 heteroatoms. The number of aromatic nitrogens is 1. The van der Waals surface area contributed by atoms with Gasteiger partial charge >= 0.3 is 5.97 Å². The summed E-state index contributed by atoms with van der Waals surface area (Å²) in [4.78, 5) is 26.2. The minimum Gasteiger partial charge on any atom is -0.478 e. The van der Waals surface area contributed by atoms with Gasteiger partial charge in [0.15, 0.2) is 0 Å². The number of amides is 1. The Morgan fingerprint density at radius 2 is 2.26 bits per heavy atom. The van der Waals surface area contributed by atoms with Crippen LogP contribution in [0.4, 0.5) is 5.69 Å². The maximum Gasteiger partial charge on any atom is 0.337 e. The molecule has 0 bridgehead atoms. The molecule has 7 nitrogen and oxygen atoms in total. The molecule has 0 spiro atoms. The van der Waals surface area contributed by atoms with E-state index in [1.54, 1.807) is 7.11 Å². The second kappa shape index (κ2) is 7.45. The highest BCUT2D eigenvalue weighted by Gasteiger charge is 2.14. The van der Waals surface area contributed by atoms with Crippen LogP contribution in [0.5, 0.6) is 0 Å². The van der Waals surface area contributed by atoms with Crippen LogP contribution in [0.25, 0.3) is 0 Å². The quantitative estimate of drug-likeness (QED) is 0.619. The maximum atomic E-state index is 11.7. The molecule has 1 aromatic rings. The first-order valence-corrected chi connectivity index (χ1v) is 5.78. The molecule has 1 aromatic heterocycles. The fraction of sp³-hybridized carbons (Fsp3) is 0.417. The van der Waals surface area contributed by atoms with Gasteiger partial charge in [-0.2, -0.15) is 0 Å². The molecule has 0 aliphatic rings. The van der Waals surface area contributed by atoms with Gasteiger partial charge in [-0.3, -0.25) is 9.78 Å². The molecule has 1 heterocycles. The van der Waals surface area contributed by atoms with Crippen LogP contribution in [0, 0.1) is 0 Å². The first-order valence-electron chi connectivity index (χ1n) is 5.78. The zero-order valence-corrected chi connectivity index (χ0v) is 10.6. The van der Waals surface area contributed by atoms with Crippen LogP contribution in [0.3, 0.4) is 0 Å². The number of rotatable bonds is 7. The van der Waals surface area contributed by atoms with Crippen LogP contribution in [-0.2, 0) is 9.53 Å². The Balaban J connectivity index is 2.56. The Morgan fingerprint density at radius 1 is 1.53 bits per heavy atom. The van der Waals surface area contributed by atoms with E-state index in [4.69, 9.17) is 15.6 Å². The number of carbonyl (C=O) groups excluding carboxylic acids is 1. The number of carbonyl (C=O) groups is 2. The molecule has 1 unspecified atom stereocenters. The van der Waals surface area contributed by atoms with Crippen LogP contribution in [-0.4, -0.2) is 41.7 Å². The fourth-order valence-electron chi connectivity index (χ4n) is 1.44. The third-order valence-electron chi connectivity index (χ3n) is 2.45. The Morgan fingerprint density at radius 3 is 2.89 bits per heavy atom. The van der Waals surface area contributed by atoms with Gasteiger partial charge in [-0.05, 0) is 18.9 Å². The van der Waals surface area contributed by atoms with E-state index in [1.165, 1.54) is 18.5 Å². The average molecular weight is 267 g/mol. The van der Waals surface area contributed by atoms with Crippen molar-refractivity contribution in [2.24, 2.45) is 5.73 Å². The van der Waals surface area contributed by atoms with Crippen molar-refractivity contribution in [1.82, 2.24) is 4.98 Å². The number of ether oxygens (including phenoxy) is 1. The molecule has 0 fully saturated rings. The van der Waals surface area contributed by atoms with Crippen LogP contribution in [0.15, 0.2) is 18.5 Å². The summed E-state index contributed by atoms with van der Waals surface area (Å²) in [5, 5.41) is 11.3. The first-order chi connectivity index (χ1) is 9.04. The molecule has 104 valence electrons. The Bertz CT molecular complexity index is 450. The second-order valence-electron chi connectivity index (χ2n) is 4.00. The lowest BCUT2D eigenvalue weighted by molar-refractivity contribution is -0.117. The van der Waals surface area contributed by atoms with E-state index >= 15 is 0 Å². The molecular weight excluding hydrogens is 250 g/mol. The number of nitrogens with one attached hydrogen (secondary N) is 1. The second-order valence-corrected chi connectivity index (χ2v) is 4.00. The van der Waals surface area contributed by atoms with Gasteiger partial charge in [0.2, 0.25) is 5.91 Å². The Kier molecular flexibility index (Phi) is 5.91. The van der Waals surface area contributed by atoms with Gasteiger partial charge in [-0.15, -0.1) is 0 Å². The van der Waals surface area contributed by atoms with Gasteiger partial charge in [0.05, 0.1) is 23.5 Å². The summed E-state index contributed by atoms with van der Waals surface area (Å²) >= 11 is 0. The number of nitrogens with zero attached hydrogens (tertiary/aromatic N) is 1. The lowest BCUT2D eigenvalue weighted by Crippen LogP contribution is -2.35. The molecule has 19 heavy (non-hydrogen) atoms. The molecule has 0 aliphatic carbocycles. The minimum absolute atomic E-state index is 0.00533. The number of aromatic carboxylic acids is 1. The number of methoxy groups -OCH3 is 1. The van der Waals surface area contributed by atoms with Gasteiger partial charge in [-0.1, -0.05) is 0 Å². The molecule has 1 atom stereocenters. The molecule has 0 radical (unpaired) electrons. The molecule has 0 aromatic carbocycles. The lowest BCUT2D eigenvalue weighted by atomic mass is 10.1. The highest BCUT2D eigenvalue weighted by molar-refractivity contribution is 5.96. The van der Waals surface area contributed by atoms with Crippen molar-refractivity contribution in [3.63, 3.8) is 0 Å². The van der Waals surface area contributed by atoms with Crippen LogP contribution in [0.1, 0.15) is 23.2 Å². The fourth-order valence-corrected chi connectivity index (χ4v) is 1.44. The summed E-state index contributed by atoms with van der Waals surface area (Å²) in [7, 11) is 1.58. The number of carboxylic acids is 1. The van der Waals surface area contributed by atoms with Gasteiger partial charge < -0.3 is 20.9 Å². The number of hydrogen-bond acceptors (Lipinski definition) is 5. The van der Waals surface area contributed by atoms with E-state index < -0.39 is 12.0 Å². The van der Waals surface area contributed by atoms with Gasteiger partial charge in [0, 0.05) is 19.9 Å². The van der Waals surface area contributed by atoms with E-state index in [0.717, 1.165) is 0 Å². The van der Waals surface area contributed by atoms with Crippen LogP contribution >= 0.6 is 0 Å². The highest BCUT2D eigenvalue weighted by atomic mass is 16.5. The largest absolute Gasteiger partial charge is 0.478 e. The number of nitrogens with two attached hydrogens (primary N) is 1. The van der Waals surface area contributed by atoms with Crippen LogP contribution in [0.2, 0.25) is 0 Å². The maximum absolute atomic E-state index is 11.7. The Hall–Kier alpha value is -1.99. The smallest absolute Gasteiger partial charge is 0.337 e. The van der Waals surface area contributed by atoms with E-state index in [-0.39, 0.29) is 11.5 Å². The molecule has 4 N–H and O–H groups in total. The summed E-state index contributed by atoms with van der Waals surface area (Å²) in [6.45, 7) is 0.539. The van der Waals surface area contributed by atoms with Gasteiger partial charge in [0.1, 0.15) is 0 Å². The van der Waals surface area contributed by atoms with Crippen LogP contribution < -0.4 is 11.1 Å². The number of anilines is 1. The predicted octanol–water partition coefficient (Wildman–Crippen LogP) is 0.472. The third-order valence-corrected chi connectivity index (χ3v) is 2.45. The summed E-state index contributed by atoms with van der Waals surface area (Å²) in [5.41, 5.74) is 6.02. The molecule has 1 rings (SSSR count). The summed E-state index contributed by atoms with van der Waals surface area (Å²) in [6.07, 6.45) is 3.74. The summed E-state index contributed by atoms with van der Waals surface area (Å²) in [5.74, 6) is -1.48. The first kappa shape index (κ1) is 15.1. The summed E-state index contributed by atoms with van der Waals surface area (Å²) < 4.78 is 4.87. The van der Waals surface area contributed by atoms with Crippen molar-refractivity contribution in [2.75, 3.05) is 19.0 Å². The Labute approximate surface area is 110 Å². The standard InChI is InChI=1S/C12H17N3O4/c1-19-4-2-3-10(13)11(16)15-9-5-8(12(17)18)6-14-7-9/h5-7,10H,2-4,13H2,1H3,(H,15,16)(H,17,18). The average Bonchev–Trinajstić information content (AvgIpc) is 2.39. The van der Waals surface area contributed by atoms with E-state index in [0.29, 0.717) is 25.1 Å². The van der Waals surface area contributed by atoms with Crippen molar-refractivity contribution in [3.05, 3.63) is 24.0 Å².